The second kappa shape index (κ2) is 5.43. The maximum Gasteiger partial charge on any atom is 0.302 e. The largest absolute Gasteiger partial charge is 0.463 e. The van der Waals surface area contributed by atoms with Crippen molar-refractivity contribution in [3.05, 3.63) is 0 Å². The van der Waals surface area contributed by atoms with E-state index < -0.39 is 0 Å². The van der Waals surface area contributed by atoms with Crippen LogP contribution < -0.4 is 0 Å². The standard InChI is InChI=1S/C16H26O3/c1-10(17)19-14-5-7-16-12(9-14)3-2-11-8-13(18)4-6-15(11)16/h11-16,18H,2-9H2,1H3. The van der Waals surface area contributed by atoms with E-state index in [9.17, 15) is 9.90 Å². The van der Waals surface area contributed by atoms with Gasteiger partial charge in [0, 0.05) is 6.92 Å². The minimum absolute atomic E-state index is 0.0461. The van der Waals surface area contributed by atoms with E-state index in [0.29, 0.717) is 0 Å². The molecule has 19 heavy (non-hydrogen) atoms. The van der Waals surface area contributed by atoms with E-state index in [-0.39, 0.29) is 18.2 Å². The van der Waals surface area contributed by atoms with E-state index >= 15 is 0 Å². The molecule has 0 aliphatic heterocycles. The van der Waals surface area contributed by atoms with Gasteiger partial charge in [-0.3, -0.25) is 4.79 Å². The first-order valence-electron chi connectivity index (χ1n) is 7.98. The number of carbonyl (C=O) groups excluding carboxylic acids is 1. The van der Waals surface area contributed by atoms with Crippen LogP contribution in [0.25, 0.3) is 0 Å². The number of aliphatic hydroxyl groups excluding tert-OH is 1. The molecule has 6 atom stereocenters. The van der Waals surface area contributed by atoms with Gasteiger partial charge in [0.25, 0.3) is 0 Å². The topological polar surface area (TPSA) is 46.5 Å². The van der Waals surface area contributed by atoms with Gasteiger partial charge in [0.15, 0.2) is 0 Å². The van der Waals surface area contributed by atoms with Crippen molar-refractivity contribution in [2.75, 3.05) is 0 Å². The quantitative estimate of drug-likeness (QED) is 0.742. The maximum atomic E-state index is 11.1. The summed E-state index contributed by atoms with van der Waals surface area (Å²) >= 11 is 0. The molecular formula is C16H26O3. The average Bonchev–Trinajstić information content (AvgIpc) is 2.37. The van der Waals surface area contributed by atoms with Gasteiger partial charge in [0.2, 0.25) is 0 Å². The SMILES string of the molecule is CC(=O)OC1CCC2C(CCC3CC(O)CCC32)C1. The number of rotatable bonds is 1. The van der Waals surface area contributed by atoms with Crippen LogP contribution in [0.15, 0.2) is 0 Å². The van der Waals surface area contributed by atoms with Crippen molar-refractivity contribution in [3.8, 4) is 0 Å². The van der Waals surface area contributed by atoms with Gasteiger partial charge in [-0.25, -0.2) is 0 Å². The molecule has 0 aromatic heterocycles. The summed E-state index contributed by atoms with van der Waals surface area (Å²) in [5.74, 6) is 3.06. The highest BCUT2D eigenvalue weighted by Crippen LogP contribution is 2.51. The van der Waals surface area contributed by atoms with E-state index in [4.69, 9.17) is 4.74 Å². The van der Waals surface area contributed by atoms with E-state index in [1.165, 1.54) is 32.6 Å². The lowest BCUT2D eigenvalue weighted by Crippen LogP contribution is -2.43. The normalized spacial score (nSPS) is 46.0. The first-order chi connectivity index (χ1) is 9.13. The van der Waals surface area contributed by atoms with Gasteiger partial charge in [-0.05, 0) is 75.0 Å². The summed E-state index contributed by atoms with van der Waals surface area (Å²) in [6.07, 6.45) is 9.26. The first-order valence-corrected chi connectivity index (χ1v) is 7.98. The molecule has 1 N–H and O–H groups in total. The van der Waals surface area contributed by atoms with E-state index in [1.807, 2.05) is 0 Å². The second-order valence-corrected chi connectivity index (χ2v) is 6.94. The van der Waals surface area contributed by atoms with Gasteiger partial charge in [0.1, 0.15) is 6.10 Å². The van der Waals surface area contributed by atoms with Crippen molar-refractivity contribution < 1.29 is 14.6 Å². The first kappa shape index (κ1) is 13.4. The molecule has 3 aliphatic carbocycles. The van der Waals surface area contributed by atoms with Crippen molar-refractivity contribution in [2.24, 2.45) is 23.7 Å². The molecule has 3 heteroatoms. The third kappa shape index (κ3) is 2.81. The number of hydrogen-bond donors (Lipinski definition) is 1. The molecule has 6 unspecified atom stereocenters. The Labute approximate surface area is 115 Å². The Morgan fingerprint density at radius 2 is 1.58 bits per heavy atom. The lowest BCUT2D eigenvalue weighted by Gasteiger charge is -2.49. The highest BCUT2D eigenvalue weighted by molar-refractivity contribution is 5.66. The fraction of sp³-hybridized carbons (Fsp3) is 0.938. The van der Waals surface area contributed by atoms with Crippen LogP contribution in [0.1, 0.15) is 58.3 Å². The van der Waals surface area contributed by atoms with Crippen molar-refractivity contribution in [1.82, 2.24) is 0 Å². The van der Waals surface area contributed by atoms with Crippen molar-refractivity contribution >= 4 is 5.97 Å². The van der Waals surface area contributed by atoms with Crippen LogP contribution in [-0.2, 0) is 9.53 Å². The lowest BCUT2D eigenvalue weighted by molar-refractivity contribution is -0.151. The summed E-state index contributed by atoms with van der Waals surface area (Å²) in [5, 5.41) is 9.83. The van der Waals surface area contributed by atoms with Crippen molar-refractivity contribution in [1.29, 1.82) is 0 Å². The summed E-state index contributed by atoms with van der Waals surface area (Å²) < 4.78 is 5.41. The number of esters is 1. The molecule has 0 saturated heterocycles. The molecule has 3 saturated carbocycles. The predicted octanol–water partition coefficient (Wildman–Crippen LogP) is 2.91. The Kier molecular flexibility index (Phi) is 3.84. The molecule has 3 rings (SSSR count). The van der Waals surface area contributed by atoms with E-state index in [0.717, 1.165) is 49.4 Å². The molecule has 3 nitrogen and oxygen atoms in total. The predicted molar refractivity (Wildman–Crippen MR) is 72.5 cm³/mol. The van der Waals surface area contributed by atoms with Gasteiger partial charge in [-0.2, -0.15) is 0 Å². The van der Waals surface area contributed by atoms with Crippen LogP contribution in [0.2, 0.25) is 0 Å². The fourth-order valence-electron chi connectivity index (χ4n) is 5.07. The van der Waals surface area contributed by atoms with Crippen LogP contribution >= 0.6 is 0 Å². The number of hydrogen-bond acceptors (Lipinski definition) is 3. The number of carbonyl (C=O) groups is 1. The third-order valence-corrected chi connectivity index (χ3v) is 5.80. The van der Waals surface area contributed by atoms with Gasteiger partial charge in [0.05, 0.1) is 6.10 Å². The Balaban J connectivity index is 1.62. The molecule has 0 bridgehead atoms. The minimum atomic E-state index is -0.127. The monoisotopic (exact) mass is 266 g/mol. The highest BCUT2D eigenvalue weighted by atomic mass is 16.5. The molecule has 0 spiro atoms. The smallest absolute Gasteiger partial charge is 0.302 e. The Morgan fingerprint density at radius 1 is 0.947 bits per heavy atom. The molecule has 0 amide bonds. The van der Waals surface area contributed by atoms with Crippen molar-refractivity contribution in [2.45, 2.75) is 70.5 Å². The number of fused-ring (bicyclic) bond motifs is 3. The Hall–Kier alpha value is -0.570. The lowest BCUT2D eigenvalue weighted by atomic mass is 9.57. The summed E-state index contributed by atoms with van der Waals surface area (Å²) in [6.45, 7) is 1.52. The summed E-state index contributed by atoms with van der Waals surface area (Å²) in [6, 6.07) is 0. The maximum absolute atomic E-state index is 11.1. The van der Waals surface area contributed by atoms with Crippen molar-refractivity contribution in [3.63, 3.8) is 0 Å². The van der Waals surface area contributed by atoms with Gasteiger partial charge in [-0.1, -0.05) is 0 Å². The van der Waals surface area contributed by atoms with Gasteiger partial charge in [-0.15, -0.1) is 0 Å². The highest BCUT2D eigenvalue weighted by Gasteiger charge is 2.44. The van der Waals surface area contributed by atoms with Crippen LogP contribution in [-0.4, -0.2) is 23.3 Å². The molecular weight excluding hydrogens is 240 g/mol. The van der Waals surface area contributed by atoms with Crippen LogP contribution in [0.4, 0.5) is 0 Å². The third-order valence-electron chi connectivity index (χ3n) is 5.80. The van der Waals surface area contributed by atoms with Gasteiger partial charge < -0.3 is 9.84 Å². The molecule has 3 aliphatic rings. The Morgan fingerprint density at radius 3 is 2.26 bits per heavy atom. The minimum Gasteiger partial charge on any atom is -0.463 e. The van der Waals surface area contributed by atoms with Crippen LogP contribution in [0.5, 0.6) is 0 Å². The fourth-order valence-corrected chi connectivity index (χ4v) is 5.07. The summed E-state index contributed by atoms with van der Waals surface area (Å²) in [7, 11) is 0. The molecule has 0 heterocycles. The zero-order valence-electron chi connectivity index (χ0n) is 11.9. The van der Waals surface area contributed by atoms with Crippen LogP contribution in [0, 0.1) is 23.7 Å². The molecule has 3 fully saturated rings. The number of aliphatic hydroxyl groups is 1. The summed E-state index contributed by atoms with van der Waals surface area (Å²) in [4.78, 5) is 11.1. The van der Waals surface area contributed by atoms with E-state index in [1.54, 1.807) is 0 Å². The molecule has 0 radical (unpaired) electrons. The summed E-state index contributed by atoms with van der Waals surface area (Å²) in [5.41, 5.74) is 0. The zero-order chi connectivity index (χ0) is 13.4. The van der Waals surface area contributed by atoms with Crippen LogP contribution in [0.3, 0.4) is 0 Å². The molecule has 0 aromatic carbocycles. The van der Waals surface area contributed by atoms with Gasteiger partial charge >= 0.3 is 5.97 Å². The zero-order valence-corrected chi connectivity index (χ0v) is 11.9. The Bertz CT molecular complexity index is 341. The molecule has 0 aromatic rings. The second-order valence-electron chi connectivity index (χ2n) is 6.94. The average molecular weight is 266 g/mol. The molecule has 108 valence electrons. The van der Waals surface area contributed by atoms with E-state index in [2.05, 4.69) is 0 Å². The number of ether oxygens (including phenoxy) is 1.